The minimum atomic E-state index is -0.790. The Morgan fingerprint density at radius 1 is 1.00 bits per heavy atom. The Balaban J connectivity index is 1.19. The fourth-order valence-electron chi connectivity index (χ4n) is 5.20. The van der Waals surface area contributed by atoms with Crippen molar-refractivity contribution in [2.24, 2.45) is 11.3 Å². The van der Waals surface area contributed by atoms with Crippen LogP contribution in [0.1, 0.15) is 75.2 Å². The average molecular weight is 537 g/mol. The first kappa shape index (κ1) is 27.0. The van der Waals surface area contributed by atoms with Gasteiger partial charge in [-0.25, -0.2) is 8.78 Å². The molecule has 5 rings (SSSR count). The minimum absolute atomic E-state index is 0.0947. The summed E-state index contributed by atoms with van der Waals surface area (Å²) in [6.45, 7) is 6.99. The summed E-state index contributed by atoms with van der Waals surface area (Å²) in [7, 11) is 0. The molecule has 0 aliphatic heterocycles. The molecule has 0 spiro atoms. The predicted molar refractivity (Wildman–Crippen MR) is 143 cm³/mol. The number of fused-ring (bicyclic) bond motifs is 1. The molecular weight excluding hydrogens is 502 g/mol. The highest BCUT2D eigenvalue weighted by atomic mass is 19.1. The average Bonchev–Trinajstić information content (AvgIpc) is 3.58. The number of carbonyl (C=O) groups excluding carboxylic acids is 1. The molecule has 2 aliphatic rings. The number of esters is 1. The summed E-state index contributed by atoms with van der Waals surface area (Å²) in [5, 5.41) is 9.41. The number of hydrogen-bond donors (Lipinski definition) is 1. The van der Waals surface area contributed by atoms with Crippen molar-refractivity contribution in [2.75, 3.05) is 6.61 Å². The van der Waals surface area contributed by atoms with E-state index in [1.54, 1.807) is 0 Å². The molecule has 2 aliphatic carbocycles. The monoisotopic (exact) mass is 536 g/mol. The molecule has 0 saturated heterocycles. The number of phenols is 1. The van der Waals surface area contributed by atoms with Gasteiger partial charge >= 0.3 is 5.97 Å². The van der Waals surface area contributed by atoms with E-state index in [1.807, 2.05) is 24.3 Å². The van der Waals surface area contributed by atoms with E-state index in [1.165, 1.54) is 24.3 Å². The van der Waals surface area contributed by atoms with Crippen molar-refractivity contribution in [3.05, 3.63) is 82.9 Å². The van der Waals surface area contributed by atoms with Gasteiger partial charge < -0.3 is 19.3 Å². The Labute approximate surface area is 227 Å². The highest BCUT2D eigenvalue weighted by Crippen LogP contribution is 2.49. The fraction of sp³-hybridized carbons (Fsp3) is 0.406. The van der Waals surface area contributed by atoms with Gasteiger partial charge in [-0.1, -0.05) is 32.9 Å². The Bertz CT molecular complexity index is 1350. The smallest absolute Gasteiger partial charge is 0.309 e. The van der Waals surface area contributed by atoms with E-state index in [9.17, 15) is 18.7 Å². The summed E-state index contributed by atoms with van der Waals surface area (Å²) >= 11 is 0. The van der Waals surface area contributed by atoms with E-state index in [4.69, 9.17) is 14.2 Å². The lowest BCUT2D eigenvalue weighted by atomic mass is 9.91. The zero-order valence-corrected chi connectivity index (χ0v) is 22.5. The van der Waals surface area contributed by atoms with Gasteiger partial charge in [-0.15, -0.1) is 0 Å². The van der Waals surface area contributed by atoms with Gasteiger partial charge in [-0.3, -0.25) is 4.79 Å². The molecule has 5 nitrogen and oxygen atoms in total. The zero-order chi connectivity index (χ0) is 27.7. The normalized spacial score (nSPS) is 19.9. The molecule has 0 unspecified atom stereocenters. The third kappa shape index (κ3) is 6.35. The summed E-state index contributed by atoms with van der Waals surface area (Å²) in [6.07, 6.45) is 3.30. The summed E-state index contributed by atoms with van der Waals surface area (Å²) in [5.74, 6) is -0.433. The molecule has 206 valence electrons. The molecule has 3 aromatic rings. The number of halogens is 2. The van der Waals surface area contributed by atoms with Crippen LogP contribution in [0.3, 0.4) is 0 Å². The van der Waals surface area contributed by atoms with Crippen molar-refractivity contribution >= 4 is 5.97 Å². The van der Waals surface area contributed by atoms with Gasteiger partial charge in [-0.05, 0) is 85.4 Å². The molecular formula is C32H34F2O5. The molecule has 3 aromatic carbocycles. The van der Waals surface area contributed by atoms with Crippen LogP contribution in [-0.4, -0.2) is 17.7 Å². The number of rotatable bonds is 9. The second-order valence-corrected chi connectivity index (χ2v) is 11.6. The van der Waals surface area contributed by atoms with E-state index in [0.717, 1.165) is 30.9 Å². The maximum Gasteiger partial charge on any atom is 0.309 e. The van der Waals surface area contributed by atoms with Crippen molar-refractivity contribution in [3.8, 4) is 23.0 Å². The summed E-state index contributed by atoms with van der Waals surface area (Å²) in [4.78, 5) is 12.4. The molecule has 1 fully saturated rings. The molecule has 7 heteroatoms. The molecule has 39 heavy (non-hydrogen) atoms. The lowest BCUT2D eigenvalue weighted by Gasteiger charge is -2.17. The highest BCUT2D eigenvalue weighted by molar-refractivity contribution is 5.77. The van der Waals surface area contributed by atoms with Gasteiger partial charge in [0.05, 0.1) is 12.5 Å². The van der Waals surface area contributed by atoms with Crippen molar-refractivity contribution in [3.63, 3.8) is 0 Å². The van der Waals surface area contributed by atoms with E-state index in [-0.39, 0.29) is 34.8 Å². The third-order valence-corrected chi connectivity index (χ3v) is 7.38. The van der Waals surface area contributed by atoms with E-state index < -0.39 is 17.7 Å². The summed E-state index contributed by atoms with van der Waals surface area (Å²) < 4.78 is 46.1. The van der Waals surface area contributed by atoms with Gasteiger partial charge in [-0.2, -0.15) is 0 Å². The highest BCUT2D eigenvalue weighted by Gasteiger charge is 2.45. The van der Waals surface area contributed by atoms with Crippen LogP contribution >= 0.6 is 0 Å². The number of phenolic OH excluding ortho intramolecular Hbond substituents is 1. The van der Waals surface area contributed by atoms with E-state index in [2.05, 4.69) is 20.8 Å². The Hall–Kier alpha value is -3.61. The molecule has 1 N–H and O–H groups in total. The SMILES string of the molecule is CC(C)(C)CCCOC(=O)[C@H]1C[C@@H]1c1ccc(O[C@@H]2CCc3c(Oc4ccc(O)c(F)c4)ccc(F)c32)cc1. The van der Waals surface area contributed by atoms with Crippen LogP contribution in [-0.2, 0) is 16.0 Å². The number of ether oxygens (including phenoxy) is 3. The first-order valence-corrected chi connectivity index (χ1v) is 13.5. The summed E-state index contributed by atoms with van der Waals surface area (Å²) in [5.41, 5.74) is 2.42. The van der Waals surface area contributed by atoms with Crippen LogP contribution < -0.4 is 9.47 Å². The molecule has 0 bridgehead atoms. The topological polar surface area (TPSA) is 65.0 Å². The lowest BCUT2D eigenvalue weighted by molar-refractivity contribution is -0.145. The van der Waals surface area contributed by atoms with E-state index in [0.29, 0.717) is 42.1 Å². The molecule has 3 atom stereocenters. The Kier molecular flexibility index (Phi) is 7.52. The third-order valence-electron chi connectivity index (χ3n) is 7.38. The molecule has 0 aromatic heterocycles. The zero-order valence-electron chi connectivity index (χ0n) is 22.5. The van der Waals surface area contributed by atoms with Crippen molar-refractivity contribution in [1.29, 1.82) is 0 Å². The van der Waals surface area contributed by atoms with Gasteiger partial charge in [0.1, 0.15) is 29.2 Å². The van der Waals surface area contributed by atoms with Crippen LogP contribution in [0.15, 0.2) is 54.6 Å². The van der Waals surface area contributed by atoms with Gasteiger partial charge in [0, 0.05) is 17.2 Å². The number of carbonyl (C=O) groups is 1. The molecule has 0 heterocycles. The van der Waals surface area contributed by atoms with Crippen LogP contribution in [0, 0.1) is 23.0 Å². The maximum atomic E-state index is 14.9. The quantitative estimate of drug-likeness (QED) is 0.222. The van der Waals surface area contributed by atoms with Gasteiger partial charge in [0.2, 0.25) is 0 Å². The number of benzene rings is 3. The molecule has 1 saturated carbocycles. The Morgan fingerprint density at radius 2 is 1.74 bits per heavy atom. The van der Waals surface area contributed by atoms with Crippen molar-refractivity contribution < 1.29 is 32.9 Å². The maximum absolute atomic E-state index is 14.9. The van der Waals surface area contributed by atoms with Crippen molar-refractivity contribution in [2.45, 2.75) is 64.9 Å². The molecule has 0 amide bonds. The van der Waals surface area contributed by atoms with Crippen molar-refractivity contribution in [1.82, 2.24) is 0 Å². The van der Waals surface area contributed by atoms with Crippen LogP contribution in [0.2, 0.25) is 0 Å². The number of aromatic hydroxyl groups is 1. The second-order valence-electron chi connectivity index (χ2n) is 11.6. The second kappa shape index (κ2) is 10.9. The van der Waals surface area contributed by atoms with E-state index >= 15 is 0 Å². The summed E-state index contributed by atoms with van der Waals surface area (Å²) in [6, 6.07) is 14.2. The Morgan fingerprint density at radius 3 is 2.46 bits per heavy atom. The van der Waals surface area contributed by atoms with Crippen LogP contribution in [0.25, 0.3) is 0 Å². The number of hydrogen-bond acceptors (Lipinski definition) is 5. The lowest BCUT2D eigenvalue weighted by Crippen LogP contribution is -2.12. The minimum Gasteiger partial charge on any atom is -0.505 e. The first-order valence-electron chi connectivity index (χ1n) is 13.5. The van der Waals surface area contributed by atoms with Gasteiger partial charge in [0.25, 0.3) is 0 Å². The largest absolute Gasteiger partial charge is 0.505 e. The standard InChI is InChI=1S/C32H34F2O5/c1-32(2,3)15-4-16-37-31(36)24-18-23(24)19-5-7-20(8-6-19)38-29-13-10-22-28(14-11-25(33)30(22)29)39-21-9-12-27(35)26(34)17-21/h5-9,11-12,14,17,23-24,29,35H,4,10,13,15-16,18H2,1-3H3/t23-,24+,29-/m1/s1. The van der Waals surface area contributed by atoms with Gasteiger partial charge in [0.15, 0.2) is 11.6 Å². The molecule has 0 radical (unpaired) electrons. The fourth-order valence-corrected chi connectivity index (χ4v) is 5.20. The predicted octanol–water partition coefficient (Wildman–Crippen LogP) is 8.00. The first-order chi connectivity index (χ1) is 18.6. The van der Waals surface area contributed by atoms with Crippen LogP contribution in [0.5, 0.6) is 23.0 Å². The van der Waals surface area contributed by atoms with Crippen LogP contribution in [0.4, 0.5) is 8.78 Å².